The van der Waals surface area contributed by atoms with Crippen molar-refractivity contribution in [3.05, 3.63) is 35.9 Å². The summed E-state index contributed by atoms with van der Waals surface area (Å²) in [5.74, 6) is 0.196. The number of hydrogen-bond acceptors (Lipinski definition) is 4. The minimum Gasteiger partial charge on any atom is -0.497 e. The maximum atomic E-state index is 12.0. The van der Waals surface area contributed by atoms with Gasteiger partial charge in [-0.2, -0.15) is 0 Å². The van der Waals surface area contributed by atoms with Crippen molar-refractivity contribution >= 4 is 17.9 Å². The fourth-order valence-corrected chi connectivity index (χ4v) is 2.00. The van der Waals surface area contributed by atoms with Gasteiger partial charge in [-0.15, -0.1) is 0 Å². The molecule has 2 amide bonds. The van der Waals surface area contributed by atoms with E-state index in [2.05, 4.69) is 10.6 Å². The van der Waals surface area contributed by atoms with Gasteiger partial charge in [0.1, 0.15) is 11.8 Å². The molecule has 6 nitrogen and oxygen atoms in total. The smallest absolute Gasteiger partial charge is 0.244 e. The molecular formula is C18H26N2O4. The van der Waals surface area contributed by atoms with Gasteiger partial charge in [0.25, 0.3) is 0 Å². The van der Waals surface area contributed by atoms with Crippen molar-refractivity contribution in [1.29, 1.82) is 0 Å². The van der Waals surface area contributed by atoms with E-state index in [9.17, 15) is 9.59 Å². The molecule has 132 valence electrons. The lowest BCUT2D eigenvalue weighted by atomic mass is 10.2. The minimum atomic E-state index is -0.621. The molecular weight excluding hydrogens is 308 g/mol. The molecule has 0 aliphatic carbocycles. The zero-order valence-corrected chi connectivity index (χ0v) is 14.7. The molecule has 0 aliphatic heterocycles. The van der Waals surface area contributed by atoms with Crippen molar-refractivity contribution < 1.29 is 19.1 Å². The second kappa shape index (κ2) is 10.4. The van der Waals surface area contributed by atoms with E-state index in [0.29, 0.717) is 6.61 Å². The van der Waals surface area contributed by atoms with Gasteiger partial charge in [-0.05, 0) is 37.1 Å². The number of benzene rings is 1. The SMILES string of the molecule is CCC(COC)NC(=O)C(C)NC(=O)C=Cc1ccc(OC)cc1. The monoisotopic (exact) mass is 334 g/mol. The van der Waals surface area contributed by atoms with Crippen molar-refractivity contribution in [3.8, 4) is 5.75 Å². The number of carbonyl (C=O) groups excluding carboxylic acids is 2. The normalized spacial score (nSPS) is 13.3. The van der Waals surface area contributed by atoms with Gasteiger partial charge in [0.2, 0.25) is 11.8 Å². The lowest BCUT2D eigenvalue weighted by Gasteiger charge is -2.19. The van der Waals surface area contributed by atoms with Gasteiger partial charge in [-0.1, -0.05) is 19.1 Å². The number of methoxy groups -OCH3 is 2. The fraction of sp³-hybridized carbons (Fsp3) is 0.444. The van der Waals surface area contributed by atoms with Crippen LogP contribution in [0, 0.1) is 0 Å². The molecule has 2 unspecified atom stereocenters. The van der Waals surface area contributed by atoms with E-state index in [4.69, 9.17) is 9.47 Å². The lowest BCUT2D eigenvalue weighted by molar-refractivity contribution is -0.127. The molecule has 1 aromatic carbocycles. The highest BCUT2D eigenvalue weighted by Gasteiger charge is 2.17. The summed E-state index contributed by atoms with van der Waals surface area (Å²) in [5, 5.41) is 5.48. The summed E-state index contributed by atoms with van der Waals surface area (Å²) in [6.07, 6.45) is 3.84. The van der Waals surface area contributed by atoms with E-state index in [1.165, 1.54) is 6.08 Å². The maximum Gasteiger partial charge on any atom is 0.244 e. The van der Waals surface area contributed by atoms with Gasteiger partial charge in [-0.3, -0.25) is 9.59 Å². The standard InChI is InChI=1S/C18H26N2O4/c1-5-15(12-23-3)20-18(22)13(2)19-17(21)11-8-14-6-9-16(24-4)10-7-14/h6-11,13,15H,5,12H2,1-4H3,(H,19,21)(H,20,22). The van der Waals surface area contributed by atoms with Gasteiger partial charge in [0.15, 0.2) is 0 Å². The number of hydrogen-bond donors (Lipinski definition) is 2. The molecule has 2 atom stereocenters. The lowest BCUT2D eigenvalue weighted by Crippen LogP contribution is -2.48. The zero-order chi connectivity index (χ0) is 17.9. The summed E-state index contributed by atoms with van der Waals surface area (Å²) in [5.41, 5.74) is 0.870. The van der Waals surface area contributed by atoms with Crippen molar-refractivity contribution in [2.24, 2.45) is 0 Å². The van der Waals surface area contributed by atoms with Crippen LogP contribution >= 0.6 is 0 Å². The number of carbonyl (C=O) groups is 2. The second-order valence-electron chi connectivity index (χ2n) is 5.41. The first kappa shape index (κ1) is 19.7. The van der Waals surface area contributed by atoms with Crippen LogP contribution in [0.3, 0.4) is 0 Å². The Morgan fingerprint density at radius 3 is 2.38 bits per heavy atom. The Labute approximate surface area is 143 Å². The Kier molecular flexibility index (Phi) is 8.57. The molecule has 2 N–H and O–H groups in total. The van der Waals surface area contributed by atoms with Crippen LogP contribution in [0.5, 0.6) is 5.75 Å². The van der Waals surface area contributed by atoms with E-state index in [0.717, 1.165) is 17.7 Å². The summed E-state index contributed by atoms with van der Waals surface area (Å²) in [7, 11) is 3.18. The van der Waals surface area contributed by atoms with Crippen molar-refractivity contribution in [3.63, 3.8) is 0 Å². The zero-order valence-electron chi connectivity index (χ0n) is 14.7. The molecule has 0 radical (unpaired) electrons. The van der Waals surface area contributed by atoms with E-state index in [-0.39, 0.29) is 17.9 Å². The molecule has 1 rings (SSSR count). The Bertz CT molecular complexity index is 555. The minimum absolute atomic E-state index is 0.0586. The van der Waals surface area contributed by atoms with Crippen LogP contribution in [-0.2, 0) is 14.3 Å². The number of ether oxygens (including phenoxy) is 2. The number of rotatable bonds is 9. The number of amides is 2. The van der Waals surface area contributed by atoms with E-state index < -0.39 is 6.04 Å². The highest BCUT2D eigenvalue weighted by molar-refractivity contribution is 5.95. The summed E-state index contributed by atoms with van der Waals surface area (Å²) >= 11 is 0. The topological polar surface area (TPSA) is 76.7 Å². The van der Waals surface area contributed by atoms with Crippen molar-refractivity contribution in [1.82, 2.24) is 10.6 Å². The third kappa shape index (κ3) is 6.83. The Balaban J connectivity index is 2.50. The molecule has 24 heavy (non-hydrogen) atoms. The van der Waals surface area contributed by atoms with Crippen LogP contribution in [0.4, 0.5) is 0 Å². The van der Waals surface area contributed by atoms with Crippen molar-refractivity contribution in [2.45, 2.75) is 32.4 Å². The fourth-order valence-electron chi connectivity index (χ4n) is 2.00. The first-order valence-electron chi connectivity index (χ1n) is 7.92. The largest absolute Gasteiger partial charge is 0.497 e. The molecule has 0 aliphatic rings. The molecule has 0 heterocycles. The van der Waals surface area contributed by atoms with Gasteiger partial charge in [0.05, 0.1) is 19.8 Å². The highest BCUT2D eigenvalue weighted by atomic mass is 16.5. The van der Waals surface area contributed by atoms with Crippen LogP contribution in [0.25, 0.3) is 6.08 Å². The summed E-state index contributed by atoms with van der Waals surface area (Å²) in [6.45, 7) is 4.05. The Morgan fingerprint density at radius 1 is 1.17 bits per heavy atom. The highest BCUT2D eigenvalue weighted by Crippen LogP contribution is 2.12. The van der Waals surface area contributed by atoms with Gasteiger partial charge in [-0.25, -0.2) is 0 Å². The second-order valence-corrected chi connectivity index (χ2v) is 5.41. The van der Waals surface area contributed by atoms with Crippen LogP contribution < -0.4 is 15.4 Å². The van der Waals surface area contributed by atoms with E-state index in [1.54, 1.807) is 27.2 Å². The Morgan fingerprint density at radius 2 is 1.83 bits per heavy atom. The van der Waals surface area contributed by atoms with Crippen LogP contribution in [0.15, 0.2) is 30.3 Å². The molecule has 0 fully saturated rings. The van der Waals surface area contributed by atoms with E-state index in [1.807, 2.05) is 31.2 Å². The first-order valence-corrected chi connectivity index (χ1v) is 7.92. The number of nitrogens with one attached hydrogen (secondary N) is 2. The first-order chi connectivity index (χ1) is 11.5. The molecule has 0 saturated heterocycles. The third-order valence-electron chi connectivity index (χ3n) is 3.50. The third-order valence-corrected chi connectivity index (χ3v) is 3.50. The summed E-state index contributed by atoms with van der Waals surface area (Å²) in [4.78, 5) is 24.0. The molecule has 0 bridgehead atoms. The van der Waals surface area contributed by atoms with Crippen LogP contribution in [0.2, 0.25) is 0 Å². The predicted molar refractivity (Wildman–Crippen MR) is 93.7 cm³/mol. The molecule has 6 heteroatoms. The molecule has 0 aromatic heterocycles. The van der Waals surface area contributed by atoms with E-state index >= 15 is 0 Å². The molecule has 0 saturated carbocycles. The van der Waals surface area contributed by atoms with Gasteiger partial charge < -0.3 is 20.1 Å². The molecule has 0 spiro atoms. The quantitative estimate of drug-likeness (QED) is 0.675. The van der Waals surface area contributed by atoms with Gasteiger partial charge >= 0.3 is 0 Å². The van der Waals surface area contributed by atoms with Gasteiger partial charge in [0, 0.05) is 13.2 Å². The maximum absolute atomic E-state index is 12.0. The average molecular weight is 334 g/mol. The average Bonchev–Trinajstić information content (AvgIpc) is 2.59. The summed E-state index contributed by atoms with van der Waals surface area (Å²) in [6, 6.07) is 6.63. The predicted octanol–water partition coefficient (Wildman–Crippen LogP) is 1.75. The molecule has 1 aromatic rings. The van der Waals surface area contributed by atoms with Crippen LogP contribution in [0.1, 0.15) is 25.8 Å². The van der Waals surface area contributed by atoms with Crippen molar-refractivity contribution in [2.75, 3.05) is 20.8 Å². The summed E-state index contributed by atoms with van der Waals surface area (Å²) < 4.78 is 10.1. The van der Waals surface area contributed by atoms with Crippen LogP contribution in [-0.4, -0.2) is 44.7 Å². The Hall–Kier alpha value is -2.34.